The van der Waals surface area contributed by atoms with Gasteiger partial charge < -0.3 is 9.88 Å². The van der Waals surface area contributed by atoms with Gasteiger partial charge in [-0.2, -0.15) is 0 Å². The standard InChI is InChI=1S/C16H20N2/c1-11-15(10-17-13-7-8-13)14-6-2-4-12-5-3-9-18(11)16(12)14/h2,4,6,13,17H,3,5,7-10H2,1H3. The number of nitrogens with zero attached hydrogens (tertiary/aromatic N) is 1. The number of rotatable bonds is 3. The third-order valence-corrected chi connectivity index (χ3v) is 4.53. The monoisotopic (exact) mass is 240 g/mol. The van der Waals surface area contributed by atoms with Crippen molar-refractivity contribution in [2.24, 2.45) is 0 Å². The average Bonchev–Trinajstić information content (AvgIpc) is 3.18. The van der Waals surface area contributed by atoms with Crippen molar-refractivity contribution in [2.45, 2.75) is 51.7 Å². The van der Waals surface area contributed by atoms with Crippen LogP contribution in [-0.2, 0) is 19.5 Å². The summed E-state index contributed by atoms with van der Waals surface area (Å²) in [5.74, 6) is 0. The average molecular weight is 240 g/mol. The van der Waals surface area contributed by atoms with Crippen LogP contribution in [0.25, 0.3) is 10.9 Å². The van der Waals surface area contributed by atoms with Crippen molar-refractivity contribution in [2.75, 3.05) is 0 Å². The number of aromatic nitrogens is 1. The van der Waals surface area contributed by atoms with Crippen LogP contribution in [0.4, 0.5) is 0 Å². The van der Waals surface area contributed by atoms with Gasteiger partial charge in [0.25, 0.3) is 0 Å². The highest BCUT2D eigenvalue weighted by Gasteiger charge is 2.23. The molecule has 1 fully saturated rings. The number of hydrogen-bond acceptors (Lipinski definition) is 1. The normalized spacial score (nSPS) is 18.5. The van der Waals surface area contributed by atoms with E-state index in [2.05, 4.69) is 35.0 Å². The molecular weight excluding hydrogens is 220 g/mol. The Balaban J connectivity index is 1.85. The Labute approximate surface area is 108 Å². The highest BCUT2D eigenvalue weighted by molar-refractivity contribution is 5.88. The summed E-state index contributed by atoms with van der Waals surface area (Å²) in [6.07, 6.45) is 5.26. The van der Waals surface area contributed by atoms with Crippen LogP contribution in [-0.4, -0.2) is 10.6 Å². The lowest BCUT2D eigenvalue weighted by Crippen LogP contribution is -2.16. The summed E-state index contributed by atoms with van der Waals surface area (Å²) >= 11 is 0. The van der Waals surface area contributed by atoms with Crippen molar-refractivity contribution in [1.29, 1.82) is 0 Å². The van der Waals surface area contributed by atoms with E-state index in [4.69, 9.17) is 0 Å². The molecule has 0 spiro atoms. The first kappa shape index (κ1) is 10.6. The predicted molar refractivity (Wildman–Crippen MR) is 74.9 cm³/mol. The second kappa shape index (κ2) is 3.86. The van der Waals surface area contributed by atoms with E-state index < -0.39 is 0 Å². The molecule has 1 aromatic heterocycles. The minimum atomic E-state index is 0.788. The van der Waals surface area contributed by atoms with Gasteiger partial charge in [0.05, 0.1) is 5.52 Å². The molecule has 18 heavy (non-hydrogen) atoms. The van der Waals surface area contributed by atoms with Crippen LogP contribution in [0.15, 0.2) is 18.2 Å². The maximum atomic E-state index is 3.67. The largest absolute Gasteiger partial charge is 0.344 e. The zero-order chi connectivity index (χ0) is 12.1. The van der Waals surface area contributed by atoms with E-state index in [0.717, 1.165) is 12.6 Å². The van der Waals surface area contributed by atoms with Crippen LogP contribution < -0.4 is 5.32 Å². The number of aryl methyl sites for hydroxylation is 2. The smallest absolute Gasteiger partial charge is 0.0518 e. The highest BCUT2D eigenvalue weighted by atomic mass is 15.0. The minimum Gasteiger partial charge on any atom is -0.344 e. The molecule has 0 atom stereocenters. The Morgan fingerprint density at radius 3 is 3.06 bits per heavy atom. The third-order valence-electron chi connectivity index (χ3n) is 4.53. The summed E-state index contributed by atoms with van der Waals surface area (Å²) in [5.41, 5.74) is 6.05. The molecule has 2 heteroatoms. The summed E-state index contributed by atoms with van der Waals surface area (Å²) in [5, 5.41) is 5.15. The van der Waals surface area contributed by atoms with E-state index in [1.54, 1.807) is 5.56 Å². The fourth-order valence-corrected chi connectivity index (χ4v) is 3.34. The zero-order valence-corrected chi connectivity index (χ0v) is 11.0. The first-order valence-corrected chi connectivity index (χ1v) is 7.17. The summed E-state index contributed by atoms with van der Waals surface area (Å²) < 4.78 is 2.54. The molecule has 1 aliphatic heterocycles. The maximum absolute atomic E-state index is 3.67. The SMILES string of the molecule is Cc1c(CNC2CC2)c2cccc3c2n1CCC3. The molecular formula is C16H20N2. The van der Waals surface area contributed by atoms with E-state index >= 15 is 0 Å². The quantitative estimate of drug-likeness (QED) is 0.872. The van der Waals surface area contributed by atoms with Crippen molar-refractivity contribution < 1.29 is 0 Å². The van der Waals surface area contributed by atoms with E-state index in [1.807, 2.05) is 0 Å². The fourth-order valence-electron chi connectivity index (χ4n) is 3.34. The van der Waals surface area contributed by atoms with E-state index in [1.165, 1.54) is 54.4 Å². The Morgan fingerprint density at radius 2 is 2.22 bits per heavy atom. The van der Waals surface area contributed by atoms with Crippen LogP contribution >= 0.6 is 0 Å². The van der Waals surface area contributed by atoms with Crippen LogP contribution in [0.2, 0.25) is 0 Å². The maximum Gasteiger partial charge on any atom is 0.0518 e. The molecule has 0 saturated heterocycles. The lowest BCUT2D eigenvalue weighted by molar-refractivity contribution is 0.616. The Morgan fingerprint density at radius 1 is 1.33 bits per heavy atom. The zero-order valence-electron chi connectivity index (χ0n) is 11.0. The molecule has 1 aromatic carbocycles. The van der Waals surface area contributed by atoms with Gasteiger partial charge in [0, 0.05) is 30.2 Å². The molecule has 0 unspecified atom stereocenters. The van der Waals surface area contributed by atoms with Crippen LogP contribution in [0.1, 0.15) is 36.1 Å². The fraction of sp³-hybridized carbons (Fsp3) is 0.500. The third kappa shape index (κ3) is 1.52. The van der Waals surface area contributed by atoms with Gasteiger partial charge in [-0.25, -0.2) is 0 Å². The highest BCUT2D eigenvalue weighted by Crippen LogP contribution is 2.33. The van der Waals surface area contributed by atoms with Crippen molar-refractivity contribution in [3.05, 3.63) is 35.0 Å². The molecule has 4 rings (SSSR count). The molecule has 0 radical (unpaired) electrons. The summed E-state index contributed by atoms with van der Waals surface area (Å²) in [6, 6.07) is 7.62. The number of benzene rings is 1. The Kier molecular flexibility index (Phi) is 2.28. The van der Waals surface area contributed by atoms with Gasteiger partial charge in [0.2, 0.25) is 0 Å². The van der Waals surface area contributed by atoms with Crippen LogP contribution in [0.3, 0.4) is 0 Å². The molecule has 1 aliphatic carbocycles. The van der Waals surface area contributed by atoms with Gasteiger partial charge in [-0.3, -0.25) is 0 Å². The Hall–Kier alpha value is -1.28. The van der Waals surface area contributed by atoms with Gasteiger partial charge in [-0.15, -0.1) is 0 Å². The lowest BCUT2D eigenvalue weighted by atomic mass is 10.0. The topological polar surface area (TPSA) is 17.0 Å². The molecule has 1 N–H and O–H groups in total. The predicted octanol–water partition coefficient (Wildman–Crippen LogP) is 3.15. The van der Waals surface area contributed by atoms with E-state index in [0.29, 0.717) is 0 Å². The first-order valence-electron chi connectivity index (χ1n) is 7.17. The van der Waals surface area contributed by atoms with Gasteiger partial charge in [-0.05, 0) is 43.7 Å². The van der Waals surface area contributed by atoms with Gasteiger partial charge in [0.15, 0.2) is 0 Å². The number of hydrogen-bond donors (Lipinski definition) is 1. The molecule has 0 bridgehead atoms. The van der Waals surface area contributed by atoms with Crippen molar-refractivity contribution in [1.82, 2.24) is 9.88 Å². The molecule has 2 nitrogen and oxygen atoms in total. The first-order chi connectivity index (χ1) is 8.84. The second-order valence-electron chi connectivity index (χ2n) is 5.79. The van der Waals surface area contributed by atoms with Crippen LogP contribution in [0, 0.1) is 6.92 Å². The number of nitrogens with one attached hydrogen (secondary N) is 1. The van der Waals surface area contributed by atoms with E-state index in [9.17, 15) is 0 Å². The second-order valence-corrected chi connectivity index (χ2v) is 5.79. The van der Waals surface area contributed by atoms with Gasteiger partial charge >= 0.3 is 0 Å². The summed E-state index contributed by atoms with van der Waals surface area (Å²) in [6.45, 7) is 4.53. The van der Waals surface area contributed by atoms with Crippen molar-refractivity contribution in [3.8, 4) is 0 Å². The molecule has 2 heterocycles. The minimum absolute atomic E-state index is 0.788. The number of para-hydroxylation sites is 1. The molecule has 94 valence electrons. The summed E-state index contributed by atoms with van der Waals surface area (Å²) in [7, 11) is 0. The molecule has 1 saturated carbocycles. The lowest BCUT2D eigenvalue weighted by Gasteiger charge is -2.16. The van der Waals surface area contributed by atoms with E-state index in [-0.39, 0.29) is 0 Å². The summed E-state index contributed by atoms with van der Waals surface area (Å²) in [4.78, 5) is 0. The molecule has 0 amide bonds. The van der Waals surface area contributed by atoms with Crippen LogP contribution in [0.5, 0.6) is 0 Å². The van der Waals surface area contributed by atoms with Gasteiger partial charge in [0.1, 0.15) is 0 Å². The van der Waals surface area contributed by atoms with Crippen molar-refractivity contribution >= 4 is 10.9 Å². The van der Waals surface area contributed by atoms with Gasteiger partial charge in [-0.1, -0.05) is 18.2 Å². The Bertz CT molecular complexity index is 605. The molecule has 2 aliphatic rings. The van der Waals surface area contributed by atoms with Crippen molar-refractivity contribution in [3.63, 3.8) is 0 Å². The molecule has 2 aromatic rings.